The molecular weight excluding hydrogens is 482 g/mol. The molecule has 0 saturated heterocycles. The van der Waals surface area contributed by atoms with Crippen LogP contribution in [0.15, 0.2) is 64.1 Å². The molecule has 0 fully saturated rings. The zero-order valence-electron chi connectivity index (χ0n) is 19.9. The summed E-state index contributed by atoms with van der Waals surface area (Å²) in [4.78, 5) is 37.2. The van der Waals surface area contributed by atoms with Crippen molar-refractivity contribution in [3.8, 4) is 11.5 Å². The highest BCUT2D eigenvalue weighted by Gasteiger charge is 2.45. The lowest BCUT2D eigenvalue weighted by Gasteiger charge is -2.23. The lowest BCUT2D eigenvalue weighted by atomic mass is 9.98. The second-order valence-electron chi connectivity index (χ2n) is 8.41. The predicted octanol–water partition coefficient (Wildman–Crippen LogP) is 5.56. The van der Waals surface area contributed by atoms with Crippen LogP contribution in [0, 0.1) is 0 Å². The van der Waals surface area contributed by atoms with Gasteiger partial charge in [-0.25, -0.2) is 9.97 Å². The first-order valence-corrected chi connectivity index (χ1v) is 12.1. The van der Waals surface area contributed by atoms with Gasteiger partial charge in [0, 0.05) is 17.4 Å². The average molecular weight is 506 g/mol. The van der Waals surface area contributed by atoms with Gasteiger partial charge in [-0.1, -0.05) is 37.4 Å². The molecule has 8 nitrogen and oxygen atoms in total. The third kappa shape index (κ3) is 4.18. The number of hydrogen-bond acceptors (Lipinski definition) is 7. The van der Waals surface area contributed by atoms with Gasteiger partial charge >= 0.3 is 0 Å². The molecule has 2 aromatic heterocycles. The summed E-state index contributed by atoms with van der Waals surface area (Å²) in [6.07, 6.45) is 6.17. The molecule has 1 aliphatic heterocycles. The minimum Gasteiger partial charge on any atom is -0.493 e. The highest BCUT2D eigenvalue weighted by atomic mass is 35.5. The molecule has 36 heavy (non-hydrogen) atoms. The number of carbonyl (C=O) groups excluding carboxylic acids is 1. The van der Waals surface area contributed by atoms with Crippen LogP contribution < -0.4 is 19.8 Å². The van der Waals surface area contributed by atoms with Crippen LogP contribution in [0.25, 0.3) is 11.0 Å². The molecule has 2 aromatic carbocycles. The maximum atomic E-state index is 13.7. The average Bonchev–Trinajstić information content (AvgIpc) is 3.20. The quantitative estimate of drug-likeness (QED) is 0.289. The summed E-state index contributed by atoms with van der Waals surface area (Å²) >= 11 is 6.16. The molecule has 1 atom stereocenters. The summed E-state index contributed by atoms with van der Waals surface area (Å²) in [5, 5.41) is 0.683. The highest BCUT2D eigenvalue weighted by molar-refractivity contribution is 6.31. The van der Waals surface area contributed by atoms with Crippen molar-refractivity contribution in [3.05, 3.63) is 87.0 Å². The minimum atomic E-state index is -0.836. The maximum absolute atomic E-state index is 13.7. The molecule has 9 heteroatoms. The Bertz CT molecular complexity index is 1490. The van der Waals surface area contributed by atoms with Crippen LogP contribution in [0.4, 0.5) is 5.95 Å². The number of hydrogen-bond donors (Lipinski definition) is 0. The molecule has 184 valence electrons. The first-order chi connectivity index (χ1) is 17.5. The highest BCUT2D eigenvalue weighted by Crippen LogP contribution is 2.42. The summed E-state index contributed by atoms with van der Waals surface area (Å²) in [5.41, 5.74) is 0.755. The molecule has 1 amide bonds. The summed E-state index contributed by atoms with van der Waals surface area (Å²) < 4.78 is 17.5. The van der Waals surface area contributed by atoms with Crippen molar-refractivity contribution in [3.63, 3.8) is 0 Å². The maximum Gasteiger partial charge on any atom is 0.297 e. The van der Waals surface area contributed by atoms with Gasteiger partial charge in [0.15, 0.2) is 16.9 Å². The molecule has 5 rings (SSSR count). The van der Waals surface area contributed by atoms with E-state index in [9.17, 15) is 9.59 Å². The van der Waals surface area contributed by atoms with Crippen molar-refractivity contribution >= 4 is 34.4 Å². The van der Waals surface area contributed by atoms with Crippen molar-refractivity contribution in [2.75, 3.05) is 18.6 Å². The summed E-state index contributed by atoms with van der Waals surface area (Å²) in [7, 11) is 1.55. The van der Waals surface area contributed by atoms with Gasteiger partial charge in [-0.2, -0.15) is 0 Å². The SMILES string of the molecule is CCCCCOc1ccc(C2c3c(oc4ccc(Cl)cc4c3=O)C(=O)N2c2ncccn2)cc1OC. The molecule has 1 unspecified atom stereocenters. The van der Waals surface area contributed by atoms with Gasteiger partial charge in [-0.05, 0) is 48.4 Å². The molecule has 0 aliphatic carbocycles. The van der Waals surface area contributed by atoms with E-state index in [1.807, 2.05) is 6.07 Å². The topological polar surface area (TPSA) is 94.8 Å². The molecule has 0 bridgehead atoms. The van der Waals surface area contributed by atoms with E-state index < -0.39 is 11.9 Å². The van der Waals surface area contributed by atoms with Gasteiger partial charge in [0.1, 0.15) is 5.58 Å². The van der Waals surface area contributed by atoms with Crippen LogP contribution in [0.5, 0.6) is 11.5 Å². The van der Waals surface area contributed by atoms with Gasteiger partial charge in [-0.3, -0.25) is 14.5 Å². The van der Waals surface area contributed by atoms with Gasteiger partial charge in [0.05, 0.1) is 30.7 Å². The summed E-state index contributed by atoms with van der Waals surface area (Å²) in [6.45, 7) is 2.70. The van der Waals surface area contributed by atoms with Crippen molar-refractivity contribution in [2.45, 2.75) is 32.2 Å². The number of ether oxygens (including phenoxy) is 2. The van der Waals surface area contributed by atoms with Gasteiger partial charge in [-0.15, -0.1) is 0 Å². The fourth-order valence-electron chi connectivity index (χ4n) is 4.39. The zero-order valence-corrected chi connectivity index (χ0v) is 20.6. The number of carbonyl (C=O) groups is 1. The number of benzene rings is 2. The fourth-order valence-corrected chi connectivity index (χ4v) is 4.56. The molecule has 3 heterocycles. The lowest BCUT2D eigenvalue weighted by molar-refractivity contribution is 0.0969. The summed E-state index contributed by atoms with van der Waals surface area (Å²) in [6, 6.07) is 10.9. The van der Waals surface area contributed by atoms with Crippen LogP contribution in [0.1, 0.15) is 53.9 Å². The van der Waals surface area contributed by atoms with E-state index in [-0.39, 0.29) is 33.7 Å². The number of unbranched alkanes of at least 4 members (excludes halogenated alkanes) is 2. The van der Waals surface area contributed by atoms with E-state index >= 15 is 0 Å². The third-order valence-corrected chi connectivity index (χ3v) is 6.34. The van der Waals surface area contributed by atoms with Crippen molar-refractivity contribution in [2.24, 2.45) is 0 Å². The van der Waals surface area contributed by atoms with E-state index in [2.05, 4.69) is 16.9 Å². The molecule has 0 spiro atoms. The Morgan fingerprint density at radius 2 is 1.86 bits per heavy atom. The Kier molecular flexibility index (Phi) is 6.61. The van der Waals surface area contributed by atoms with E-state index in [0.717, 1.165) is 19.3 Å². The number of aromatic nitrogens is 2. The van der Waals surface area contributed by atoms with Crippen molar-refractivity contribution < 1.29 is 18.7 Å². The molecule has 4 aromatic rings. The van der Waals surface area contributed by atoms with Gasteiger partial charge in [0.25, 0.3) is 5.91 Å². The number of anilines is 1. The van der Waals surface area contributed by atoms with Crippen molar-refractivity contribution in [1.82, 2.24) is 9.97 Å². The molecule has 0 radical (unpaired) electrons. The summed E-state index contributed by atoms with van der Waals surface area (Å²) in [5.74, 6) is 0.674. The molecule has 1 aliphatic rings. The van der Waals surface area contributed by atoms with E-state index in [1.165, 1.54) is 17.3 Å². The number of amides is 1. The fraction of sp³-hybridized carbons (Fsp3) is 0.259. The van der Waals surface area contributed by atoms with E-state index in [1.54, 1.807) is 43.5 Å². The first-order valence-electron chi connectivity index (χ1n) is 11.7. The zero-order chi connectivity index (χ0) is 25.2. The largest absolute Gasteiger partial charge is 0.493 e. The Labute approximate surface area is 212 Å². The van der Waals surface area contributed by atoms with Crippen LogP contribution in [0.3, 0.4) is 0 Å². The third-order valence-electron chi connectivity index (χ3n) is 6.11. The Balaban J connectivity index is 1.67. The second-order valence-corrected chi connectivity index (χ2v) is 8.84. The predicted molar refractivity (Wildman–Crippen MR) is 136 cm³/mol. The van der Waals surface area contributed by atoms with Crippen molar-refractivity contribution in [1.29, 1.82) is 0 Å². The normalized spacial score (nSPS) is 14.8. The van der Waals surface area contributed by atoms with E-state index in [4.69, 9.17) is 25.5 Å². The number of nitrogens with zero attached hydrogens (tertiary/aromatic N) is 3. The van der Waals surface area contributed by atoms with Gasteiger partial charge in [0.2, 0.25) is 11.7 Å². The first kappa shape index (κ1) is 23.8. The number of halogens is 1. The lowest BCUT2D eigenvalue weighted by Crippen LogP contribution is -2.31. The molecular formula is C27H24ClN3O5. The number of rotatable bonds is 8. The van der Waals surface area contributed by atoms with E-state index in [0.29, 0.717) is 28.7 Å². The van der Waals surface area contributed by atoms with Crippen LogP contribution >= 0.6 is 11.6 Å². The molecule has 0 saturated carbocycles. The standard InChI is InChI=1S/C27H24ClN3O5/c1-3-4-5-13-35-20-9-7-16(14-21(20)34-2)23-22-24(32)18-15-17(28)8-10-19(18)36-25(22)26(33)31(23)27-29-11-6-12-30-27/h6-12,14-15,23H,3-5,13H2,1-2H3. The Morgan fingerprint density at radius 3 is 2.61 bits per heavy atom. The minimum absolute atomic E-state index is 0.0499. The molecule has 0 N–H and O–H groups in total. The van der Waals surface area contributed by atoms with Crippen LogP contribution in [-0.4, -0.2) is 29.6 Å². The monoisotopic (exact) mass is 505 g/mol. The number of fused-ring (bicyclic) bond motifs is 2. The Morgan fingerprint density at radius 1 is 1.06 bits per heavy atom. The smallest absolute Gasteiger partial charge is 0.297 e. The Hall–Kier alpha value is -3.91. The number of methoxy groups -OCH3 is 1. The second kappa shape index (κ2) is 9.99. The van der Waals surface area contributed by atoms with Crippen LogP contribution in [0.2, 0.25) is 5.02 Å². The van der Waals surface area contributed by atoms with Gasteiger partial charge < -0.3 is 13.9 Å². The van der Waals surface area contributed by atoms with Crippen LogP contribution in [-0.2, 0) is 0 Å².